The van der Waals surface area contributed by atoms with E-state index >= 15 is 0 Å². The van der Waals surface area contributed by atoms with Crippen LogP contribution in [0.3, 0.4) is 0 Å². The molecule has 11 heteroatoms. The summed E-state index contributed by atoms with van der Waals surface area (Å²) in [7, 11) is -3.18. The quantitative estimate of drug-likeness (QED) is 0.190. The van der Waals surface area contributed by atoms with Gasteiger partial charge < -0.3 is 15.4 Å². The van der Waals surface area contributed by atoms with Gasteiger partial charge >= 0.3 is 0 Å². The summed E-state index contributed by atoms with van der Waals surface area (Å²) in [5.41, 5.74) is 0. The van der Waals surface area contributed by atoms with Gasteiger partial charge in [-0.05, 0) is 13.3 Å². The van der Waals surface area contributed by atoms with Crippen LogP contribution in [0.2, 0.25) is 0 Å². The number of guanidine groups is 1. The number of halogens is 1. The summed E-state index contributed by atoms with van der Waals surface area (Å²) < 4.78 is 31.7. The molecule has 0 saturated carbocycles. The van der Waals surface area contributed by atoms with Crippen LogP contribution in [0.15, 0.2) is 4.99 Å². The summed E-state index contributed by atoms with van der Waals surface area (Å²) in [5, 5.41) is 6.33. The molecular formula is C16H34IN5O3S2. The SMILES string of the molecule is CCNC(=NCCCN1CCOCC1)NCCS(=O)(=O)N1CCSCC1.I. The summed E-state index contributed by atoms with van der Waals surface area (Å²) in [4.78, 5) is 6.95. The van der Waals surface area contributed by atoms with Crippen LogP contribution in [-0.2, 0) is 14.8 Å². The van der Waals surface area contributed by atoms with Crippen molar-refractivity contribution in [3.63, 3.8) is 0 Å². The monoisotopic (exact) mass is 535 g/mol. The van der Waals surface area contributed by atoms with Crippen molar-refractivity contribution in [3.05, 3.63) is 0 Å². The van der Waals surface area contributed by atoms with Crippen molar-refractivity contribution in [2.24, 2.45) is 4.99 Å². The van der Waals surface area contributed by atoms with E-state index in [0.717, 1.165) is 63.9 Å². The number of sulfonamides is 1. The second-order valence-electron chi connectivity index (χ2n) is 6.32. The summed E-state index contributed by atoms with van der Waals surface area (Å²) in [6, 6.07) is 0. The van der Waals surface area contributed by atoms with Gasteiger partial charge in [-0.3, -0.25) is 9.89 Å². The lowest BCUT2D eigenvalue weighted by Gasteiger charge is -2.26. The number of hydrogen-bond acceptors (Lipinski definition) is 6. The molecule has 0 aromatic rings. The lowest BCUT2D eigenvalue weighted by Crippen LogP contribution is -2.44. The highest BCUT2D eigenvalue weighted by Crippen LogP contribution is 2.12. The Morgan fingerprint density at radius 3 is 2.52 bits per heavy atom. The van der Waals surface area contributed by atoms with E-state index in [2.05, 4.69) is 20.5 Å². The van der Waals surface area contributed by atoms with Gasteiger partial charge in [0.1, 0.15) is 0 Å². The molecule has 2 rings (SSSR count). The Morgan fingerprint density at radius 2 is 1.85 bits per heavy atom. The highest BCUT2D eigenvalue weighted by atomic mass is 127. The summed E-state index contributed by atoms with van der Waals surface area (Å²) >= 11 is 1.81. The first-order valence-corrected chi connectivity index (χ1v) is 12.3. The third kappa shape index (κ3) is 9.97. The maximum Gasteiger partial charge on any atom is 0.215 e. The van der Waals surface area contributed by atoms with Gasteiger partial charge in [-0.2, -0.15) is 11.8 Å². The first-order chi connectivity index (χ1) is 12.6. The van der Waals surface area contributed by atoms with E-state index in [0.29, 0.717) is 25.6 Å². The normalized spacial score (nSPS) is 20.1. The number of morpholine rings is 1. The minimum Gasteiger partial charge on any atom is -0.379 e. The molecule has 160 valence electrons. The molecule has 2 fully saturated rings. The molecule has 0 amide bonds. The molecule has 0 atom stereocenters. The third-order valence-corrected chi connectivity index (χ3v) is 7.18. The van der Waals surface area contributed by atoms with E-state index in [-0.39, 0.29) is 29.7 Å². The Morgan fingerprint density at radius 1 is 1.15 bits per heavy atom. The van der Waals surface area contributed by atoms with E-state index in [1.54, 1.807) is 4.31 Å². The molecule has 8 nitrogen and oxygen atoms in total. The smallest absolute Gasteiger partial charge is 0.215 e. The molecule has 0 aliphatic carbocycles. The standard InChI is InChI=1S/C16H33N5O3S2.HI/c1-2-17-16(18-4-3-6-20-7-11-24-12-8-20)19-5-15-26(22,23)21-9-13-25-14-10-21;/h2-15H2,1H3,(H2,17,18,19);1H. The average Bonchev–Trinajstić information content (AvgIpc) is 2.66. The van der Waals surface area contributed by atoms with Crippen LogP contribution in [0.1, 0.15) is 13.3 Å². The van der Waals surface area contributed by atoms with Gasteiger partial charge in [-0.25, -0.2) is 12.7 Å². The van der Waals surface area contributed by atoms with Gasteiger partial charge in [0.15, 0.2) is 5.96 Å². The van der Waals surface area contributed by atoms with E-state index < -0.39 is 10.0 Å². The predicted molar refractivity (Wildman–Crippen MR) is 124 cm³/mol. The number of hydrogen-bond donors (Lipinski definition) is 2. The number of nitrogens with zero attached hydrogens (tertiary/aromatic N) is 3. The molecular weight excluding hydrogens is 501 g/mol. The van der Waals surface area contributed by atoms with E-state index in [1.807, 2.05) is 18.7 Å². The van der Waals surface area contributed by atoms with E-state index in [4.69, 9.17) is 4.74 Å². The fourth-order valence-electron chi connectivity index (χ4n) is 2.90. The first-order valence-electron chi connectivity index (χ1n) is 9.49. The number of aliphatic imine (C=N–C) groups is 1. The molecule has 2 saturated heterocycles. The van der Waals surface area contributed by atoms with Crippen molar-refractivity contribution in [2.75, 3.05) is 82.8 Å². The molecule has 0 spiro atoms. The Kier molecular flexibility index (Phi) is 13.3. The van der Waals surface area contributed by atoms with Crippen LogP contribution in [0.25, 0.3) is 0 Å². The minimum atomic E-state index is -3.18. The Labute approximate surface area is 185 Å². The second-order valence-corrected chi connectivity index (χ2v) is 9.64. The highest BCUT2D eigenvalue weighted by Gasteiger charge is 2.23. The van der Waals surface area contributed by atoms with Crippen LogP contribution in [0.5, 0.6) is 0 Å². The van der Waals surface area contributed by atoms with Crippen molar-refractivity contribution >= 4 is 51.7 Å². The van der Waals surface area contributed by atoms with Crippen molar-refractivity contribution in [3.8, 4) is 0 Å². The zero-order chi connectivity index (χ0) is 18.7. The molecule has 2 N–H and O–H groups in total. The molecule has 0 aromatic carbocycles. The summed E-state index contributed by atoms with van der Waals surface area (Å²) in [5.74, 6) is 2.58. The Bertz CT molecular complexity index is 524. The van der Waals surface area contributed by atoms with Crippen molar-refractivity contribution in [1.29, 1.82) is 0 Å². The highest BCUT2D eigenvalue weighted by molar-refractivity contribution is 14.0. The first kappa shape index (κ1) is 25.2. The van der Waals surface area contributed by atoms with Gasteiger partial charge in [0, 0.05) is 63.9 Å². The Hall–Kier alpha value is 0.180. The number of rotatable bonds is 9. The van der Waals surface area contributed by atoms with Gasteiger partial charge in [-0.1, -0.05) is 0 Å². The molecule has 0 unspecified atom stereocenters. The van der Waals surface area contributed by atoms with Crippen molar-refractivity contribution in [1.82, 2.24) is 19.8 Å². The zero-order valence-electron chi connectivity index (χ0n) is 16.2. The molecule has 2 heterocycles. The fraction of sp³-hybridized carbons (Fsp3) is 0.938. The number of nitrogens with one attached hydrogen (secondary N) is 2. The fourth-order valence-corrected chi connectivity index (χ4v) is 5.40. The van der Waals surface area contributed by atoms with Gasteiger partial charge in [0.2, 0.25) is 10.0 Å². The molecule has 0 bridgehead atoms. The van der Waals surface area contributed by atoms with Crippen molar-refractivity contribution in [2.45, 2.75) is 13.3 Å². The van der Waals surface area contributed by atoms with E-state index in [9.17, 15) is 8.42 Å². The number of ether oxygens (including phenoxy) is 1. The minimum absolute atomic E-state index is 0. The van der Waals surface area contributed by atoms with E-state index in [1.165, 1.54) is 0 Å². The third-order valence-electron chi connectivity index (χ3n) is 4.37. The van der Waals surface area contributed by atoms with Crippen LogP contribution < -0.4 is 10.6 Å². The lowest BCUT2D eigenvalue weighted by molar-refractivity contribution is 0.0377. The summed E-state index contributed by atoms with van der Waals surface area (Å²) in [6.45, 7) is 9.76. The maximum absolute atomic E-state index is 12.4. The molecule has 0 aromatic heterocycles. The van der Waals surface area contributed by atoms with Crippen LogP contribution in [0.4, 0.5) is 0 Å². The zero-order valence-corrected chi connectivity index (χ0v) is 20.2. The second kappa shape index (κ2) is 14.2. The summed E-state index contributed by atoms with van der Waals surface area (Å²) in [6.07, 6.45) is 0.986. The maximum atomic E-state index is 12.4. The molecule has 27 heavy (non-hydrogen) atoms. The van der Waals surface area contributed by atoms with Crippen LogP contribution in [0, 0.1) is 0 Å². The van der Waals surface area contributed by atoms with Gasteiger partial charge in [0.05, 0.1) is 19.0 Å². The Balaban J connectivity index is 0.00000364. The van der Waals surface area contributed by atoms with Gasteiger partial charge in [0.25, 0.3) is 0 Å². The molecule has 0 radical (unpaired) electrons. The number of thioether (sulfide) groups is 1. The van der Waals surface area contributed by atoms with Crippen molar-refractivity contribution < 1.29 is 13.2 Å². The predicted octanol–water partition coefficient (Wildman–Crippen LogP) is 0.260. The molecule has 2 aliphatic rings. The molecule has 2 aliphatic heterocycles. The van der Waals surface area contributed by atoms with Crippen LogP contribution in [-0.4, -0.2) is 106 Å². The largest absolute Gasteiger partial charge is 0.379 e. The average molecular weight is 536 g/mol. The van der Waals surface area contributed by atoms with Crippen LogP contribution >= 0.6 is 35.7 Å². The van der Waals surface area contributed by atoms with Gasteiger partial charge in [-0.15, -0.1) is 24.0 Å². The topological polar surface area (TPSA) is 86.3 Å². The lowest BCUT2D eigenvalue weighted by atomic mass is 10.3.